The van der Waals surface area contributed by atoms with E-state index in [4.69, 9.17) is 10.7 Å². The van der Waals surface area contributed by atoms with Crippen LogP contribution in [0.5, 0.6) is 0 Å². The lowest BCUT2D eigenvalue weighted by atomic mass is 9.76. The van der Waals surface area contributed by atoms with E-state index in [-0.39, 0.29) is 17.9 Å². The molecule has 2 fully saturated rings. The van der Waals surface area contributed by atoms with Crippen molar-refractivity contribution in [2.45, 2.75) is 75.8 Å². The van der Waals surface area contributed by atoms with Crippen LogP contribution >= 0.6 is 0 Å². The second kappa shape index (κ2) is 5.92. The van der Waals surface area contributed by atoms with Crippen LogP contribution in [0.25, 0.3) is 5.65 Å². The van der Waals surface area contributed by atoms with Crippen molar-refractivity contribution in [2.24, 2.45) is 11.7 Å². The van der Waals surface area contributed by atoms with E-state index in [1.54, 1.807) is 0 Å². The van der Waals surface area contributed by atoms with Gasteiger partial charge in [0.25, 0.3) is 0 Å². The Morgan fingerprint density at radius 1 is 1.35 bits per heavy atom. The number of aliphatic hydroxyl groups is 1. The number of fused-ring (bicyclic) bond motifs is 3. The van der Waals surface area contributed by atoms with Gasteiger partial charge in [-0.1, -0.05) is 12.8 Å². The molecule has 0 aromatic carbocycles. The van der Waals surface area contributed by atoms with E-state index < -0.39 is 0 Å². The first-order valence-electron chi connectivity index (χ1n) is 10.1. The molecule has 0 amide bonds. The topological polar surface area (TPSA) is 88.5 Å². The molecule has 0 bridgehead atoms. The minimum Gasteiger partial charge on any atom is -0.396 e. The highest BCUT2D eigenvalue weighted by Crippen LogP contribution is 2.54. The molecule has 3 atom stereocenters. The number of hydrogen-bond acceptors (Lipinski definition) is 5. The van der Waals surface area contributed by atoms with Gasteiger partial charge < -0.3 is 16.2 Å². The van der Waals surface area contributed by atoms with Crippen LogP contribution in [-0.4, -0.2) is 38.4 Å². The van der Waals surface area contributed by atoms with E-state index in [9.17, 15) is 5.11 Å². The summed E-state index contributed by atoms with van der Waals surface area (Å²) in [5, 5.41) is 18.5. The third kappa shape index (κ3) is 2.24. The molecule has 2 heterocycles. The maximum atomic E-state index is 10.1. The van der Waals surface area contributed by atoms with Gasteiger partial charge in [-0.25, -0.2) is 4.98 Å². The molecule has 0 radical (unpaired) electrons. The van der Waals surface area contributed by atoms with Crippen molar-refractivity contribution in [1.29, 1.82) is 0 Å². The second-order valence-electron chi connectivity index (χ2n) is 8.71. The van der Waals surface area contributed by atoms with Crippen LogP contribution in [0.15, 0.2) is 6.20 Å². The van der Waals surface area contributed by atoms with E-state index in [1.165, 1.54) is 24.1 Å². The molecule has 1 spiro atoms. The number of aromatic nitrogens is 3. The maximum Gasteiger partial charge on any atom is 0.160 e. The van der Waals surface area contributed by atoms with E-state index in [1.807, 2.05) is 10.7 Å². The van der Waals surface area contributed by atoms with Crippen LogP contribution < -0.4 is 11.1 Å². The van der Waals surface area contributed by atoms with Gasteiger partial charge in [-0.15, -0.1) is 0 Å². The van der Waals surface area contributed by atoms with Crippen LogP contribution in [0.4, 0.5) is 5.82 Å². The summed E-state index contributed by atoms with van der Waals surface area (Å²) in [6.07, 6.45) is 10.8. The molecule has 140 valence electrons. The lowest BCUT2D eigenvalue weighted by molar-refractivity contribution is 0.162. The average molecular weight is 355 g/mol. The zero-order valence-corrected chi connectivity index (χ0v) is 15.5. The average Bonchev–Trinajstić information content (AvgIpc) is 3.39. The largest absolute Gasteiger partial charge is 0.396 e. The highest BCUT2D eigenvalue weighted by molar-refractivity contribution is 5.62. The monoisotopic (exact) mass is 355 g/mol. The SMILES string of the molecule is Cc1cnn2c(N[C@H]3CC[C@H](N)C3)c3c(nc12)C1(CCCC1)C(CO)C3. The quantitative estimate of drug-likeness (QED) is 0.786. The molecule has 2 aromatic rings. The van der Waals surface area contributed by atoms with Gasteiger partial charge in [-0.3, -0.25) is 0 Å². The van der Waals surface area contributed by atoms with Gasteiger partial charge in [0.05, 0.1) is 11.9 Å². The number of aliphatic hydroxyl groups excluding tert-OH is 1. The Morgan fingerprint density at radius 2 is 2.15 bits per heavy atom. The molecule has 5 rings (SSSR count). The maximum absolute atomic E-state index is 10.1. The minimum absolute atomic E-state index is 0.0606. The van der Waals surface area contributed by atoms with Gasteiger partial charge in [0, 0.05) is 35.2 Å². The number of nitrogens with two attached hydrogens (primary N) is 1. The van der Waals surface area contributed by atoms with Gasteiger partial charge in [0.1, 0.15) is 5.82 Å². The number of aryl methyl sites for hydroxylation is 1. The van der Waals surface area contributed by atoms with E-state index in [0.717, 1.165) is 55.6 Å². The van der Waals surface area contributed by atoms with Gasteiger partial charge >= 0.3 is 0 Å². The zero-order valence-electron chi connectivity index (χ0n) is 15.5. The van der Waals surface area contributed by atoms with E-state index in [2.05, 4.69) is 17.3 Å². The van der Waals surface area contributed by atoms with E-state index in [0.29, 0.717) is 12.1 Å². The summed E-state index contributed by atoms with van der Waals surface area (Å²) in [5.41, 5.74) is 10.8. The first kappa shape index (κ1) is 16.5. The summed E-state index contributed by atoms with van der Waals surface area (Å²) in [6.45, 7) is 2.32. The normalized spacial score (nSPS) is 29.7. The van der Waals surface area contributed by atoms with Crippen molar-refractivity contribution in [3.05, 3.63) is 23.0 Å². The fraction of sp³-hybridized carbons (Fsp3) is 0.700. The van der Waals surface area contributed by atoms with Crippen molar-refractivity contribution in [3.8, 4) is 0 Å². The zero-order chi connectivity index (χ0) is 17.9. The molecule has 6 heteroatoms. The Labute approximate surface area is 154 Å². The van der Waals surface area contributed by atoms with Crippen LogP contribution in [0.3, 0.4) is 0 Å². The predicted octanol–water partition coefficient (Wildman–Crippen LogP) is 2.31. The van der Waals surface area contributed by atoms with Crippen molar-refractivity contribution < 1.29 is 5.11 Å². The Kier molecular flexibility index (Phi) is 3.76. The number of rotatable bonds is 3. The smallest absolute Gasteiger partial charge is 0.160 e. The molecule has 2 aromatic heterocycles. The predicted molar refractivity (Wildman–Crippen MR) is 101 cm³/mol. The molecule has 3 aliphatic carbocycles. The molecule has 0 aliphatic heterocycles. The third-order valence-electron chi connectivity index (χ3n) is 7.16. The highest BCUT2D eigenvalue weighted by atomic mass is 16.3. The van der Waals surface area contributed by atoms with Crippen molar-refractivity contribution >= 4 is 11.5 Å². The van der Waals surface area contributed by atoms with Gasteiger partial charge in [0.2, 0.25) is 0 Å². The number of nitrogens with one attached hydrogen (secondary N) is 1. The van der Waals surface area contributed by atoms with Crippen LogP contribution in [0, 0.1) is 12.8 Å². The molecular weight excluding hydrogens is 326 g/mol. The third-order valence-corrected chi connectivity index (χ3v) is 7.16. The Morgan fingerprint density at radius 3 is 2.85 bits per heavy atom. The molecule has 4 N–H and O–H groups in total. The number of hydrogen-bond donors (Lipinski definition) is 3. The summed E-state index contributed by atoms with van der Waals surface area (Å²) in [7, 11) is 0. The summed E-state index contributed by atoms with van der Waals surface area (Å²) in [5.74, 6) is 1.38. The summed E-state index contributed by atoms with van der Waals surface area (Å²) in [6, 6.07) is 0.695. The molecule has 0 saturated heterocycles. The van der Waals surface area contributed by atoms with Gasteiger partial charge in [-0.05, 0) is 51.4 Å². The highest BCUT2D eigenvalue weighted by Gasteiger charge is 2.50. The molecule has 3 aliphatic rings. The van der Waals surface area contributed by atoms with Crippen molar-refractivity contribution in [3.63, 3.8) is 0 Å². The second-order valence-corrected chi connectivity index (χ2v) is 8.71. The number of nitrogens with zero attached hydrogens (tertiary/aromatic N) is 3. The molecule has 6 nitrogen and oxygen atoms in total. The molecular formula is C20H29N5O. The lowest BCUT2D eigenvalue weighted by Crippen LogP contribution is -2.31. The fourth-order valence-electron chi connectivity index (χ4n) is 5.76. The summed E-state index contributed by atoms with van der Waals surface area (Å²) >= 11 is 0. The van der Waals surface area contributed by atoms with Gasteiger partial charge in [0.15, 0.2) is 5.65 Å². The van der Waals surface area contributed by atoms with Crippen LogP contribution in [0.2, 0.25) is 0 Å². The standard InChI is InChI=1S/C20H29N5O/c1-12-10-22-25-18(12)24-17-16(19(25)23-15-5-4-14(21)9-15)8-13(11-26)20(17)6-2-3-7-20/h10,13-15,23,26H,2-9,11,21H2,1H3/t13?,14-,15-/m0/s1. The molecule has 2 saturated carbocycles. The van der Waals surface area contributed by atoms with Crippen LogP contribution in [0.1, 0.15) is 61.8 Å². The molecule has 26 heavy (non-hydrogen) atoms. The first-order valence-corrected chi connectivity index (χ1v) is 10.1. The number of anilines is 1. The summed E-state index contributed by atoms with van der Waals surface area (Å²) < 4.78 is 1.99. The van der Waals surface area contributed by atoms with Gasteiger partial charge in [-0.2, -0.15) is 9.61 Å². The fourth-order valence-corrected chi connectivity index (χ4v) is 5.76. The Bertz CT molecular complexity index is 838. The molecule has 1 unspecified atom stereocenters. The Hall–Kier alpha value is -1.66. The van der Waals surface area contributed by atoms with Crippen LogP contribution in [-0.2, 0) is 11.8 Å². The van der Waals surface area contributed by atoms with Crippen molar-refractivity contribution in [2.75, 3.05) is 11.9 Å². The minimum atomic E-state index is 0.0606. The van der Waals surface area contributed by atoms with Crippen molar-refractivity contribution in [1.82, 2.24) is 14.6 Å². The first-order chi connectivity index (χ1) is 12.6. The van der Waals surface area contributed by atoms with E-state index >= 15 is 0 Å². The lowest BCUT2D eigenvalue weighted by Gasteiger charge is -2.30. The summed E-state index contributed by atoms with van der Waals surface area (Å²) in [4.78, 5) is 5.12. The Balaban J connectivity index is 1.67.